The molecule has 0 aliphatic carbocycles. The van der Waals surface area contributed by atoms with Gasteiger partial charge in [-0.2, -0.15) is 5.10 Å². The van der Waals surface area contributed by atoms with Gasteiger partial charge in [0.25, 0.3) is 5.91 Å². The van der Waals surface area contributed by atoms with E-state index in [0.29, 0.717) is 34.2 Å². The molecule has 166 valence electrons. The van der Waals surface area contributed by atoms with Crippen molar-refractivity contribution in [3.05, 3.63) is 90.0 Å². The van der Waals surface area contributed by atoms with Gasteiger partial charge in [-0.1, -0.05) is 48.5 Å². The van der Waals surface area contributed by atoms with Gasteiger partial charge in [-0.05, 0) is 29.8 Å². The standard InChI is InChI=1S/C25H23N5O3/c1-33-20-9-5-8-19(15-20)28-25-22(24(26)32)23(29-30-25)17-10-12-18(13-11-17)27-21(31)14-16-6-3-2-4-7-16/h2-13,15H,14H2,1H3,(H2,26,32)(H,27,31)(H2,28,29,30). The largest absolute Gasteiger partial charge is 0.497 e. The van der Waals surface area contributed by atoms with Crippen molar-refractivity contribution in [1.82, 2.24) is 10.2 Å². The minimum Gasteiger partial charge on any atom is -0.497 e. The summed E-state index contributed by atoms with van der Waals surface area (Å²) in [5.74, 6) is 0.317. The Kier molecular flexibility index (Phi) is 6.36. The summed E-state index contributed by atoms with van der Waals surface area (Å²) in [6, 6.07) is 23.8. The van der Waals surface area contributed by atoms with Crippen LogP contribution >= 0.6 is 0 Å². The normalized spacial score (nSPS) is 10.5. The average molecular weight is 441 g/mol. The molecule has 0 bridgehead atoms. The van der Waals surface area contributed by atoms with Gasteiger partial charge in [-0.3, -0.25) is 14.7 Å². The molecule has 8 nitrogen and oxygen atoms in total. The molecule has 0 saturated heterocycles. The van der Waals surface area contributed by atoms with E-state index in [9.17, 15) is 9.59 Å². The molecule has 2 amide bonds. The number of primary amides is 1. The van der Waals surface area contributed by atoms with Gasteiger partial charge in [0.05, 0.1) is 13.5 Å². The summed E-state index contributed by atoms with van der Waals surface area (Å²) in [7, 11) is 1.58. The zero-order valence-corrected chi connectivity index (χ0v) is 18.0. The van der Waals surface area contributed by atoms with Crippen LogP contribution in [0.25, 0.3) is 11.3 Å². The Morgan fingerprint density at radius 3 is 2.42 bits per heavy atom. The van der Waals surface area contributed by atoms with Crippen molar-refractivity contribution in [2.24, 2.45) is 5.73 Å². The number of aromatic amines is 1. The molecule has 0 spiro atoms. The third kappa shape index (κ3) is 5.19. The van der Waals surface area contributed by atoms with Crippen LogP contribution in [0.1, 0.15) is 15.9 Å². The number of ether oxygens (including phenoxy) is 1. The molecule has 8 heteroatoms. The van der Waals surface area contributed by atoms with Gasteiger partial charge in [0.15, 0.2) is 0 Å². The van der Waals surface area contributed by atoms with Gasteiger partial charge in [-0.15, -0.1) is 0 Å². The van der Waals surface area contributed by atoms with Crippen LogP contribution in [0.5, 0.6) is 5.75 Å². The number of methoxy groups -OCH3 is 1. The van der Waals surface area contributed by atoms with E-state index in [1.54, 1.807) is 37.4 Å². The molecular formula is C25H23N5O3. The number of aromatic nitrogens is 2. The number of anilines is 3. The van der Waals surface area contributed by atoms with Crippen LogP contribution in [0.15, 0.2) is 78.9 Å². The molecule has 4 aromatic rings. The summed E-state index contributed by atoms with van der Waals surface area (Å²) >= 11 is 0. The number of hydrogen-bond donors (Lipinski definition) is 4. The van der Waals surface area contributed by atoms with Gasteiger partial charge in [0.1, 0.15) is 22.8 Å². The topological polar surface area (TPSA) is 122 Å². The first-order valence-electron chi connectivity index (χ1n) is 10.3. The van der Waals surface area contributed by atoms with Crippen LogP contribution in [0.4, 0.5) is 17.2 Å². The minimum atomic E-state index is -0.621. The van der Waals surface area contributed by atoms with Gasteiger partial charge < -0.3 is 21.1 Å². The van der Waals surface area contributed by atoms with Gasteiger partial charge >= 0.3 is 0 Å². The SMILES string of the molecule is COc1cccc(Nc2[nH]nc(-c3ccc(NC(=O)Cc4ccccc4)cc3)c2C(N)=O)c1. The van der Waals surface area contributed by atoms with Crippen LogP contribution in [0, 0.1) is 0 Å². The Morgan fingerprint density at radius 2 is 1.73 bits per heavy atom. The highest BCUT2D eigenvalue weighted by Crippen LogP contribution is 2.30. The van der Waals surface area contributed by atoms with E-state index in [0.717, 1.165) is 5.56 Å². The Balaban J connectivity index is 1.51. The summed E-state index contributed by atoms with van der Waals surface area (Å²) in [6.45, 7) is 0. The summed E-state index contributed by atoms with van der Waals surface area (Å²) in [4.78, 5) is 24.5. The summed E-state index contributed by atoms with van der Waals surface area (Å²) in [5.41, 5.74) is 9.27. The van der Waals surface area contributed by atoms with Crippen molar-refractivity contribution in [2.75, 3.05) is 17.7 Å². The number of carbonyl (C=O) groups excluding carboxylic acids is 2. The van der Waals surface area contributed by atoms with Crippen molar-refractivity contribution < 1.29 is 14.3 Å². The molecule has 1 heterocycles. The van der Waals surface area contributed by atoms with E-state index >= 15 is 0 Å². The van der Waals surface area contributed by atoms with Crippen LogP contribution in [0.3, 0.4) is 0 Å². The second-order valence-corrected chi connectivity index (χ2v) is 7.33. The van der Waals surface area contributed by atoms with Gasteiger partial charge in [-0.25, -0.2) is 0 Å². The summed E-state index contributed by atoms with van der Waals surface area (Å²) in [6.07, 6.45) is 0.285. The molecular weight excluding hydrogens is 418 g/mol. The van der Waals surface area contributed by atoms with E-state index < -0.39 is 5.91 Å². The van der Waals surface area contributed by atoms with Crippen molar-refractivity contribution >= 4 is 29.0 Å². The van der Waals surface area contributed by atoms with E-state index in [2.05, 4.69) is 20.8 Å². The Hall–Kier alpha value is -4.59. The van der Waals surface area contributed by atoms with Gasteiger partial charge in [0.2, 0.25) is 5.91 Å². The number of nitrogens with one attached hydrogen (secondary N) is 3. The molecule has 0 radical (unpaired) electrons. The number of amides is 2. The quantitative estimate of drug-likeness (QED) is 0.328. The first kappa shape index (κ1) is 21.6. The maximum absolute atomic E-state index is 12.3. The number of carbonyl (C=O) groups is 2. The Morgan fingerprint density at radius 1 is 0.970 bits per heavy atom. The summed E-state index contributed by atoms with van der Waals surface area (Å²) < 4.78 is 5.23. The summed E-state index contributed by atoms with van der Waals surface area (Å²) in [5, 5.41) is 13.1. The van der Waals surface area contributed by atoms with E-state index in [-0.39, 0.29) is 17.9 Å². The van der Waals surface area contributed by atoms with Gasteiger partial charge in [0, 0.05) is 23.0 Å². The average Bonchev–Trinajstić information content (AvgIpc) is 3.24. The van der Waals surface area contributed by atoms with Crippen LogP contribution < -0.4 is 21.1 Å². The molecule has 0 saturated carbocycles. The molecule has 0 aliphatic heterocycles. The lowest BCUT2D eigenvalue weighted by atomic mass is 10.1. The lowest BCUT2D eigenvalue weighted by Gasteiger charge is -2.08. The molecule has 0 atom stereocenters. The predicted molar refractivity (Wildman–Crippen MR) is 128 cm³/mol. The molecule has 0 unspecified atom stereocenters. The minimum absolute atomic E-state index is 0.115. The molecule has 0 aliphatic rings. The third-order valence-corrected chi connectivity index (χ3v) is 5.00. The van der Waals surface area contributed by atoms with Crippen LogP contribution in [-0.4, -0.2) is 29.1 Å². The second-order valence-electron chi connectivity index (χ2n) is 7.33. The van der Waals surface area contributed by atoms with E-state index in [1.165, 1.54) is 0 Å². The van der Waals surface area contributed by atoms with Crippen LogP contribution in [0.2, 0.25) is 0 Å². The number of rotatable bonds is 8. The molecule has 33 heavy (non-hydrogen) atoms. The fourth-order valence-electron chi connectivity index (χ4n) is 3.42. The second kappa shape index (κ2) is 9.69. The number of H-pyrrole nitrogens is 1. The van der Waals surface area contributed by atoms with E-state index in [1.807, 2.05) is 48.5 Å². The smallest absolute Gasteiger partial charge is 0.254 e. The fourth-order valence-corrected chi connectivity index (χ4v) is 3.42. The van der Waals surface area contributed by atoms with Crippen molar-refractivity contribution in [2.45, 2.75) is 6.42 Å². The number of hydrogen-bond acceptors (Lipinski definition) is 5. The van der Waals surface area contributed by atoms with Crippen molar-refractivity contribution in [3.8, 4) is 17.0 Å². The van der Waals surface area contributed by atoms with Crippen LogP contribution in [-0.2, 0) is 11.2 Å². The highest BCUT2D eigenvalue weighted by Gasteiger charge is 2.20. The first-order valence-corrected chi connectivity index (χ1v) is 10.3. The van der Waals surface area contributed by atoms with Crippen molar-refractivity contribution in [3.63, 3.8) is 0 Å². The Bertz CT molecular complexity index is 1270. The predicted octanol–water partition coefficient (Wildman–Crippen LogP) is 4.11. The molecule has 5 N–H and O–H groups in total. The number of benzene rings is 3. The monoisotopic (exact) mass is 441 g/mol. The third-order valence-electron chi connectivity index (χ3n) is 5.00. The molecule has 4 rings (SSSR count). The molecule has 3 aromatic carbocycles. The maximum Gasteiger partial charge on any atom is 0.254 e. The molecule has 1 aromatic heterocycles. The lowest BCUT2D eigenvalue weighted by Crippen LogP contribution is -2.14. The maximum atomic E-state index is 12.3. The fraction of sp³-hybridized carbons (Fsp3) is 0.0800. The Labute approximate surface area is 190 Å². The zero-order chi connectivity index (χ0) is 23.2. The number of nitrogens with zero attached hydrogens (tertiary/aromatic N) is 1. The zero-order valence-electron chi connectivity index (χ0n) is 18.0. The van der Waals surface area contributed by atoms with E-state index in [4.69, 9.17) is 10.5 Å². The first-order chi connectivity index (χ1) is 16.0. The van der Waals surface area contributed by atoms with Crippen molar-refractivity contribution in [1.29, 1.82) is 0 Å². The highest BCUT2D eigenvalue weighted by molar-refractivity contribution is 6.04. The number of nitrogens with two attached hydrogens (primary N) is 1. The highest BCUT2D eigenvalue weighted by atomic mass is 16.5. The molecule has 0 fully saturated rings. The lowest BCUT2D eigenvalue weighted by molar-refractivity contribution is -0.115.